The molecule has 0 saturated heterocycles. The van der Waals surface area contributed by atoms with E-state index in [0.29, 0.717) is 0 Å². The van der Waals surface area contributed by atoms with E-state index in [2.05, 4.69) is 47.4 Å². The highest BCUT2D eigenvalue weighted by atomic mass is 32.2. The van der Waals surface area contributed by atoms with Crippen molar-refractivity contribution in [1.29, 1.82) is 0 Å². The van der Waals surface area contributed by atoms with Crippen LogP contribution in [-0.2, 0) is 0 Å². The minimum Gasteiger partial charge on any atom is -0.325 e. The third kappa shape index (κ3) is 4.77. The molecule has 0 N–H and O–H groups in total. The molecule has 0 saturated carbocycles. The standard InChI is InChI=1S/C21H26FN5S/c1-5-12-28-21-23-11-10-18(25-21)20-19(16-6-8-17(22)9-7-16)24-14-27(20)15(2)13-26(3)4/h6-11,14-15H,5,12-13H2,1-4H3. The SMILES string of the molecule is CCCSc1nccc(-c2c(-c3ccc(F)cc3)ncn2C(C)CN(C)C)n1. The van der Waals surface area contributed by atoms with E-state index in [1.54, 1.807) is 30.1 Å². The molecule has 0 aliphatic carbocycles. The Balaban J connectivity index is 2.10. The van der Waals surface area contributed by atoms with Crippen LogP contribution in [0.3, 0.4) is 0 Å². The van der Waals surface area contributed by atoms with Gasteiger partial charge in [-0.15, -0.1) is 0 Å². The highest BCUT2D eigenvalue weighted by Crippen LogP contribution is 2.33. The minimum atomic E-state index is -0.258. The number of aromatic nitrogens is 4. The second-order valence-electron chi connectivity index (χ2n) is 7.04. The molecule has 0 amide bonds. The van der Waals surface area contributed by atoms with Crippen molar-refractivity contribution in [2.45, 2.75) is 31.5 Å². The highest BCUT2D eigenvalue weighted by molar-refractivity contribution is 7.99. The van der Waals surface area contributed by atoms with Crippen LogP contribution in [0.2, 0.25) is 0 Å². The maximum absolute atomic E-state index is 13.4. The van der Waals surface area contributed by atoms with Gasteiger partial charge in [0, 0.05) is 30.1 Å². The predicted octanol–water partition coefficient (Wildman–Crippen LogP) is 4.77. The molecule has 1 atom stereocenters. The number of benzene rings is 1. The van der Waals surface area contributed by atoms with E-state index in [4.69, 9.17) is 4.98 Å². The third-order valence-corrected chi connectivity index (χ3v) is 5.39. The molecule has 0 fully saturated rings. The molecule has 1 aromatic carbocycles. The lowest BCUT2D eigenvalue weighted by atomic mass is 10.1. The fourth-order valence-electron chi connectivity index (χ4n) is 3.12. The molecule has 3 rings (SSSR count). The van der Waals surface area contributed by atoms with Gasteiger partial charge in [-0.25, -0.2) is 19.3 Å². The monoisotopic (exact) mass is 399 g/mol. The Morgan fingerprint density at radius 3 is 2.57 bits per heavy atom. The maximum Gasteiger partial charge on any atom is 0.188 e. The van der Waals surface area contributed by atoms with Crippen molar-refractivity contribution >= 4 is 11.8 Å². The molecule has 2 aromatic heterocycles. The number of nitrogens with zero attached hydrogens (tertiary/aromatic N) is 5. The van der Waals surface area contributed by atoms with E-state index in [1.807, 2.05) is 12.4 Å². The summed E-state index contributed by atoms with van der Waals surface area (Å²) in [4.78, 5) is 16.0. The Morgan fingerprint density at radius 1 is 1.14 bits per heavy atom. The molecule has 7 heteroatoms. The van der Waals surface area contributed by atoms with Crippen molar-refractivity contribution in [2.24, 2.45) is 0 Å². The summed E-state index contributed by atoms with van der Waals surface area (Å²) in [5, 5.41) is 0.761. The molecule has 1 unspecified atom stereocenters. The molecule has 5 nitrogen and oxygen atoms in total. The Morgan fingerprint density at radius 2 is 1.89 bits per heavy atom. The molecule has 3 aromatic rings. The summed E-state index contributed by atoms with van der Waals surface area (Å²) in [5.41, 5.74) is 3.43. The first kappa shape index (κ1) is 20.5. The minimum absolute atomic E-state index is 0.202. The average molecular weight is 400 g/mol. The van der Waals surface area contributed by atoms with Gasteiger partial charge in [0.15, 0.2) is 5.16 Å². The molecule has 0 aliphatic heterocycles. The van der Waals surface area contributed by atoms with E-state index in [-0.39, 0.29) is 11.9 Å². The van der Waals surface area contributed by atoms with Crippen LogP contribution in [0.15, 0.2) is 48.0 Å². The lowest BCUT2D eigenvalue weighted by molar-refractivity contribution is 0.338. The summed E-state index contributed by atoms with van der Waals surface area (Å²) in [7, 11) is 4.11. The van der Waals surface area contributed by atoms with Crippen molar-refractivity contribution < 1.29 is 4.39 Å². The Bertz CT molecular complexity index is 907. The van der Waals surface area contributed by atoms with Gasteiger partial charge in [-0.05, 0) is 57.8 Å². The molecule has 2 heterocycles. The summed E-state index contributed by atoms with van der Waals surface area (Å²) in [5.74, 6) is 0.718. The highest BCUT2D eigenvalue weighted by Gasteiger charge is 2.20. The smallest absolute Gasteiger partial charge is 0.188 e. The Hall–Kier alpha value is -2.25. The second kappa shape index (κ2) is 9.30. The van der Waals surface area contributed by atoms with E-state index >= 15 is 0 Å². The molecule has 0 radical (unpaired) electrons. The lowest BCUT2D eigenvalue weighted by Gasteiger charge is -2.21. The topological polar surface area (TPSA) is 46.8 Å². The zero-order valence-electron chi connectivity index (χ0n) is 16.8. The largest absolute Gasteiger partial charge is 0.325 e. The van der Waals surface area contributed by atoms with E-state index in [0.717, 1.165) is 46.5 Å². The quantitative estimate of drug-likeness (QED) is 0.403. The van der Waals surface area contributed by atoms with E-state index < -0.39 is 0 Å². The van der Waals surface area contributed by atoms with Gasteiger partial charge >= 0.3 is 0 Å². The second-order valence-corrected chi connectivity index (χ2v) is 8.10. The molecule has 28 heavy (non-hydrogen) atoms. The number of hydrogen-bond acceptors (Lipinski definition) is 5. The van der Waals surface area contributed by atoms with Crippen molar-refractivity contribution in [1.82, 2.24) is 24.4 Å². The molecule has 0 bridgehead atoms. The zero-order chi connectivity index (χ0) is 20.1. The number of likely N-dealkylation sites (N-methyl/N-ethyl adjacent to an activating group) is 1. The van der Waals surface area contributed by atoms with Gasteiger partial charge in [-0.2, -0.15) is 0 Å². The maximum atomic E-state index is 13.4. The summed E-state index contributed by atoms with van der Waals surface area (Å²) in [6, 6.07) is 8.56. The van der Waals surface area contributed by atoms with Gasteiger partial charge in [0.1, 0.15) is 5.82 Å². The van der Waals surface area contributed by atoms with Crippen LogP contribution in [0.5, 0.6) is 0 Å². The number of thioether (sulfide) groups is 1. The number of halogens is 1. The molecule has 0 spiro atoms. The van der Waals surface area contributed by atoms with Crippen LogP contribution in [-0.4, -0.2) is 50.8 Å². The molecule has 0 aliphatic rings. The Kier molecular flexibility index (Phi) is 6.80. The molecular weight excluding hydrogens is 373 g/mol. The molecule has 148 valence electrons. The predicted molar refractivity (Wildman–Crippen MR) is 113 cm³/mol. The summed E-state index contributed by atoms with van der Waals surface area (Å²) >= 11 is 1.65. The van der Waals surface area contributed by atoms with Crippen LogP contribution in [0.25, 0.3) is 22.6 Å². The first-order chi connectivity index (χ1) is 13.5. The first-order valence-corrected chi connectivity index (χ1v) is 10.4. The number of hydrogen-bond donors (Lipinski definition) is 0. The first-order valence-electron chi connectivity index (χ1n) is 9.43. The third-order valence-electron chi connectivity index (χ3n) is 4.33. The van der Waals surface area contributed by atoms with Crippen LogP contribution < -0.4 is 0 Å². The van der Waals surface area contributed by atoms with Gasteiger partial charge in [0.25, 0.3) is 0 Å². The van der Waals surface area contributed by atoms with Crippen molar-refractivity contribution in [3.63, 3.8) is 0 Å². The van der Waals surface area contributed by atoms with E-state index in [9.17, 15) is 4.39 Å². The number of rotatable bonds is 8. The zero-order valence-corrected chi connectivity index (χ0v) is 17.6. The number of imidazole rings is 1. The van der Waals surface area contributed by atoms with Gasteiger partial charge in [0.05, 0.1) is 23.4 Å². The summed E-state index contributed by atoms with van der Waals surface area (Å²) < 4.78 is 15.6. The van der Waals surface area contributed by atoms with Gasteiger partial charge in [-0.3, -0.25) is 0 Å². The summed E-state index contributed by atoms with van der Waals surface area (Å²) in [6.45, 7) is 5.17. The van der Waals surface area contributed by atoms with Gasteiger partial charge in [-0.1, -0.05) is 18.7 Å². The van der Waals surface area contributed by atoms with Crippen molar-refractivity contribution in [3.8, 4) is 22.6 Å². The van der Waals surface area contributed by atoms with Crippen LogP contribution in [0.4, 0.5) is 4.39 Å². The van der Waals surface area contributed by atoms with Crippen LogP contribution in [0, 0.1) is 5.82 Å². The fourth-order valence-corrected chi connectivity index (χ4v) is 3.80. The fraction of sp³-hybridized carbons (Fsp3) is 0.381. The van der Waals surface area contributed by atoms with Crippen LogP contribution in [0.1, 0.15) is 26.3 Å². The Labute approximate surface area is 170 Å². The normalized spacial score (nSPS) is 12.5. The summed E-state index contributed by atoms with van der Waals surface area (Å²) in [6.07, 6.45) is 4.71. The van der Waals surface area contributed by atoms with Crippen molar-refractivity contribution in [2.75, 3.05) is 26.4 Å². The van der Waals surface area contributed by atoms with Gasteiger partial charge in [0.2, 0.25) is 0 Å². The molecular formula is C21H26FN5S. The van der Waals surface area contributed by atoms with Crippen LogP contribution >= 0.6 is 11.8 Å². The lowest BCUT2D eigenvalue weighted by Crippen LogP contribution is -2.22. The van der Waals surface area contributed by atoms with Gasteiger partial charge < -0.3 is 9.47 Å². The average Bonchev–Trinajstić information content (AvgIpc) is 3.12. The van der Waals surface area contributed by atoms with Crippen molar-refractivity contribution in [3.05, 3.63) is 48.7 Å². The van der Waals surface area contributed by atoms with E-state index in [1.165, 1.54) is 12.1 Å².